The van der Waals surface area contributed by atoms with Crippen molar-refractivity contribution in [3.8, 4) is 0 Å². The van der Waals surface area contributed by atoms with Crippen LogP contribution in [0.4, 0.5) is 4.79 Å². The maximum Gasteiger partial charge on any atom is 0.314 e. The Morgan fingerprint density at radius 3 is 2.33 bits per heavy atom. The number of rotatable bonds is 6. The summed E-state index contributed by atoms with van der Waals surface area (Å²) in [6.07, 6.45) is 6.13. The van der Waals surface area contributed by atoms with Crippen LogP contribution in [0.15, 0.2) is 0 Å². The molecule has 1 aliphatic carbocycles. The molecule has 0 aliphatic heterocycles. The summed E-state index contributed by atoms with van der Waals surface area (Å²) < 4.78 is 0. The second-order valence-corrected chi connectivity index (χ2v) is 5.24. The molecule has 1 fully saturated rings. The molecule has 2 amide bonds. The van der Waals surface area contributed by atoms with Gasteiger partial charge in [0.1, 0.15) is 0 Å². The fourth-order valence-electron chi connectivity index (χ4n) is 2.35. The van der Waals surface area contributed by atoms with Gasteiger partial charge in [-0.05, 0) is 18.3 Å². The Bertz CT molecular complexity index is 273. The summed E-state index contributed by atoms with van der Waals surface area (Å²) in [4.78, 5) is 21.6. The van der Waals surface area contributed by atoms with Crippen LogP contribution in [0.2, 0.25) is 0 Å². The lowest BCUT2D eigenvalue weighted by Gasteiger charge is -2.26. The Kier molecular flexibility index (Phi) is 6.54. The van der Waals surface area contributed by atoms with E-state index in [9.17, 15) is 9.59 Å². The summed E-state index contributed by atoms with van der Waals surface area (Å²) in [7, 11) is 0. The molecule has 0 bridgehead atoms. The van der Waals surface area contributed by atoms with Crippen LogP contribution in [0, 0.1) is 11.8 Å². The van der Waals surface area contributed by atoms with Crippen LogP contribution in [0.1, 0.15) is 45.4 Å². The van der Waals surface area contributed by atoms with E-state index in [0.717, 1.165) is 18.3 Å². The molecular formula is C13H24N2O3. The third-order valence-electron chi connectivity index (χ3n) is 3.60. The van der Waals surface area contributed by atoms with Crippen LogP contribution in [-0.2, 0) is 4.79 Å². The average molecular weight is 256 g/mol. The largest absolute Gasteiger partial charge is 0.481 e. The van der Waals surface area contributed by atoms with Crippen LogP contribution in [0.3, 0.4) is 0 Å². The van der Waals surface area contributed by atoms with Gasteiger partial charge in [0.15, 0.2) is 0 Å². The highest BCUT2D eigenvalue weighted by atomic mass is 16.4. The van der Waals surface area contributed by atoms with Gasteiger partial charge < -0.3 is 15.7 Å². The minimum Gasteiger partial charge on any atom is -0.481 e. The fraction of sp³-hybridized carbons (Fsp3) is 0.846. The predicted octanol–water partition coefficient (Wildman–Crippen LogP) is 1.98. The molecule has 104 valence electrons. The van der Waals surface area contributed by atoms with E-state index < -0.39 is 5.97 Å². The van der Waals surface area contributed by atoms with E-state index in [4.69, 9.17) is 5.11 Å². The molecule has 0 aromatic rings. The van der Waals surface area contributed by atoms with Gasteiger partial charge in [-0.2, -0.15) is 0 Å². The highest BCUT2D eigenvalue weighted by molar-refractivity contribution is 5.74. The molecule has 1 rings (SSSR count). The summed E-state index contributed by atoms with van der Waals surface area (Å²) in [5, 5.41) is 13.7. The SMILES string of the molecule is CC1CCC(CCNC(=O)NCCC(=O)O)CC1. The van der Waals surface area contributed by atoms with Gasteiger partial charge in [-0.25, -0.2) is 4.79 Å². The van der Waals surface area contributed by atoms with E-state index in [-0.39, 0.29) is 19.0 Å². The Morgan fingerprint density at radius 1 is 1.11 bits per heavy atom. The molecule has 0 atom stereocenters. The zero-order valence-electron chi connectivity index (χ0n) is 11.1. The van der Waals surface area contributed by atoms with Crippen LogP contribution in [0.5, 0.6) is 0 Å². The average Bonchev–Trinajstić information content (AvgIpc) is 2.31. The lowest BCUT2D eigenvalue weighted by molar-refractivity contribution is -0.136. The number of carboxylic acids is 1. The standard InChI is InChI=1S/C13H24N2O3/c1-10-2-4-11(5-3-10)6-8-14-13(18)15-9-7-12(16)17/h10-11H,2-9H2,1H3,(H,16,17)(H2,14,15,18). The molecule has 0 unspecified atom stereocenters. The van der Waals surface area contributed by atoms with Crippen LogP contribution < -0.4 is 10.6 Å². The Morgan fingerprint density at radius 2 is 1.72 bits per heavy atom. The number of carbonyl (C=O) groups excluding carboxylic acids is 1. The highest BCUT2D eigenvalue weighted by Gasteiger charge is 2.17. The molecule has 0 heterocycles. The van der Waals surface area contributed by atoms with E-state index in [1.54, 1.807) is 0 Å². The topological polar surface area (TPSA) is 78.4 Å². The zero-order chi connectivity index (χ0) is 13.4. The van der Waals surface area contributed by atoms with E-state index in [2.05, 4.69) is 17.6 Å². The molecule has 0 aromatic heterocycles. The van der Waals surface area contributed by atoms with E-state index >= 15 is 0 Å². The van der Waals surface area contributed by atoms with Crippen molar-refractivity contribution in [2.75, 3.05) is 13.1 Å². The summed E-state index contributed by atoms with van der Waals surface area (Å²) in [5.74, 6) is 0.695. The normalized spacial score (nSPS) is 23.4. The first-order valence-electron chi connectivity index (χ1n) is 6.81. The highest BCUT2D eigenvalue weighted by Crippen LogP contribution is 2.29. The summed E-state index contributed by atoms with van der Waals surface area (Å²) in [6.45, 7) is 3.16. The first-order chi connectivity index (χ1) is 8.58. The zero-order valence-corrected chi connectivity index (χ0v) is 11.1. The number of nitrogens with one attached hydrogen (secondary N) is 2. The first-order valence-corrected chi connectivity index (χ1v) is 6.81. The Labute approximate surface area is 108 Å². The molecule has 0 spiro atoms. The van der Waals surface area contributed by atoms with Gasteiger partial charge in [0.25, 0.3) is 0 Å². The van der Waals surface area contributed by atoms with Gasteiger partial charge in [0, 0.05) is 13.1 Å². The van der Waals surface area contributed by atoms with Crippen LogP contribution in [-0.4, -0.2) is 30.2 Å². The minimum absolute atomic E-state index is 0.0338. The van der Waals surface area contributed by atoms with Crippen molar-refractivity contribution >= 4 is 12.0 Å². The molecule has 0 radical (unpaired) electrons. The summed E-state index contributed by atoms with van der Waals surface area (Å²) in [5.41, 5.74) is 0. The van der Waals surface area contributed by atoms with Gasteiger partial charge in [-0.1, -0.05) is 32.6 Å². The van der Waals surface area contributed by atoms with Crippen LogP contribution in [0.25, 0.3) is 0 Å². The van der Waals surface area contributed by atoms with Crippen molar-refractivity contribution in [2.45, 2.75) is 45.4 Å². The van der Waals surface area contributed by atoms with E-state index in [1.807, 2.05) is 0 Å². The smallest absolute Gasteiger partial charge is 0.314 e. The van der Waals surface area contributed by atoms with Crippen molar-refractivity contribution < 1.29 is 14.7 Å². The van der Waals surface area contributed by atoms with Gasteiger partial charge in [0.05, 0.1) is 6.42 Å². The molecule has 1 aliphatic rings. The second kappa shape index (κ2) is 7.95. The summed E-state index contributed by atoms with van der Waals surface area (Å²) in [6, 6.07) is -0.263. The van der Waals surface area contributed by atoms with Crippen molar-refractivity contribution in [1.82, 2.24) is 10.6 Å². The second-order valence-electron chi connectivity index (χ2n) is 5.24. The number of hydrogen-bond donors (Lipinski definition) is 3. The third kappa shape index (κ3) is 6.47. The maximum atomic E-state index is 11.3. The number of urea groups is 1. The maximum absolute atomic E-state index is 11.3. The molecule has 0 saturated heterocycles. The van der Waals surface area contributed by atoms with Crippen molar-refractivity contribution in [3.63, 3.8) is 0 Å². The first kappa shape index (κ1) is 14.8. The fourth-order valence-corrected chi connectivity index (χ4v) is 2.35. The molecular weight excluding hydrogens is 232 g/mol. The quantitative estimate of drug-likeness (QED) is 0.680. The summed E-state index contributed by atoms with van der Waals surface area (Å²) >= 11 is 0. The molecule has 0 aromatic carbocycles. The molecule has 3 N–H and O–H groups in total. The predicted molar refractivity (Wildman–Crippen MR) is 69.4 cm³/mol. The number of carboxylic acid groups (broad SMARTS) is 1. The van der Waals surface area contributed by atoms with Gasteiger partial charge in [-0.15, -0.1) is 0 Å². The number of amides is 2. The number of hydrogen-bond acceptors (Lipinski definition) is 2. The van der Waals surface area contributed by atoms with Crippen molar-refractivity contribution in [1.29, 1.82) is 0 Å². The number of carbonyl (C=O) groups is 2. The van der Waals surface area contributed by atoms with Gasteiger partial charge >= 0.3 is 12.0 Å². The number of aliphatic carboxylic acids is 1. The van der Waals surface area contributed by atoms with E-state index in [1.165, 1.54) is 25.7 Å². The molecule has 18 heavy (non-hydrogen) atoms. The monoisotopic (exact) mass is 256 g/mol. The molecule has 1 saturated carbocycles. The molecule has 5 heteroatoms. The van der Waals surface area contributed by atoms with E-state index in [0.29, 0.717) is 6.54 Å². The van der Waals surface area contributed by atoms with Crippen molar-refractivity contribution in [2.24, 2.45) is 11.8 Å². The minimum atomic E-state index is -0.897. The van der Waals surface area contributed by atoms with Crippen LogP contribution >= 0.6 is 0 Å². The van der Waals surface area contributed by atoms with Crippen molar-refractivity contribution in [3.05, 3.63) is 0 Å². The lowest BCUT2D eigenvalue weighted by atomic mass is 9.81. The lowest BCUT2D eigenvalue weighted by Crippen LogP contribution is -2.37. The van der Waals surface area contributed by atoms with Gasteiger partial charge in [0.2, 0.25) is 0 Å². The molecule has 5 nitrogen and oxygen atoms in total. The Balaban J connectivity index is 2.00. The van der Waals surface area contributed by atoms with Gasteiger partial charge in [-0.3, -0.25) is 4.79 Å². The third-order valence-corrected chi connectivity index (χ3v) is 3.60. The Hall–Kier alpha value is -1.26.